The van der Waals surface area contributed by atoms with E-state index in [2.05, 4.69) is 6.07 Å². The lowest BCUT2D eigenvalue weighted by Gasteiger charge is -1.87. The minimum Gasteiger partial charge on any atom is -0.197 e. The molecule has 0 atom stereocenters. The van der Waals surface area contributed by atoms with Crippen molar-refractivity contribution in [2.24, 2.45) is 5.92 Å². The van der Waals surface area contributed by atoms with Crippen molar-refractivity contribution in [2.45, 2.75) is 0 Å². The quantitative estimate of drug-likeness (QED) is 0.474. The predicted molar refractivity (Wildman–Crippen MR) is 36.5 cm³/mol. The lowest BCUT2D eigenvalue weighted by atomic mass is 10.1. The van der Waals surface area contributed by atoms with Crippen LogP contribution in [0, 0.1) is 17.2 Å². The number of nitrogens with zero attached hydrogens (tertiary/aromatic N) is 1. The summed E-state index contributed by atoms with van der Waals surface area (Å²) >= 11 is 0. The first-order valence-corrected chi connectivity index (χ1v) is 2.85. The van der Waals surface area contributed by atoms with Gasteiger partial charge >= 0.3 is 0 Å². The molecule has 0 N–H and O–H groups in total. The van der Waals surface area contributed by atoms with Gasteiger partial charge in [0.25, 0.3) is 0 Å². The van der Waals surface area contributed by atoms with Gasteiger partial charge in [-0.25, -0.2) is 0 Å². The molecule has 1 aliphatic rings. The van der Waals surface area contributed by atoms with E-state index in [0.29, 0.717) is 0 Å². The van der Waals surface area contributed by atoms with Gasteiger partial charge < -0.3 is 0 Å². The average Bonchev–Trinajstić information content (AvgIpc) is 2.13. The summed E-state index contributed by atoms with van der Waals surface area (Å²) in [4.78, 5) is 0. The first kappa shape index (κ1) is 5.84. The Balaban J connectivity index is 2.72. The fourth-order valence-electron chi connectivity index (χ4n) is 0.646. The second kappa shape index (κ2) is 2.88. The molecular weight excluding hydrogens is 110 g/mol. The van der Waals surface area contributed by atoms with Gasteiger partial charge in [0.05, 0.1) is 12.0 Å². The third kappa shape index (κ3) is 1.58. The maximum Gasteiger partial charge on any atom is 0.0830 e. The van der Waals surface area contributed by atoms with E-state index in [1.165, 1.54) is 0 Å². The Morgan fingerprint density at radius 1 is 1.00 bits per heavy atom. The summed E-state index contributed by atoms with van der Waals surface area (Å²) in [5, 5.41) is 8.44. The van der Waals surface area contributed by atoms with Gasteiger partial charge in [-0.05, 0) is 0 Å². The maximum absolute atomic E-state index is 8.44. The summed E-state index contributed by atoms with van der Waals surface area (Å²) in [7, 11) is 0. The highest BCUT2D eigenvalue weighted by Gasteiger charge is 1.94. The van der Waals surface area contributed by atoms with Gasteiger partial charge in [0, 0.05) is 0 Å². The van der Waals surface area contributed by atoms with Gasteiger partial charge in [-0.3, -0.25) is 0 Å². The standard InChI is InChI=1S/C8H7N/c9-7-8-5-3-1-2-4-6-8/h1-6,8H. The Bertz CT molecular complexity index is 187. The van der Waals surface area contributed by atoms with Crippen molar-refractivity contribution in [3.63, 3.8) is 0 Å². The highest BCUT2D eigenvalue weighted by Crippen LogP contribution is 2.02. The zero-order chi connectivity index (χ0) is 6.53. The van der Waals surface area contributed by atoms with Crippen molar-refractivity contribution < 1.29 is 0 Å². The van der Waals surface area contributed by atoms with E-state index in [9.17, 15) is 0 Å². The van der Waals surface area contributed by atoms with Crippen LogP contribution in [0.2, 0.25) is 0 Å². The largest absolute Gasteiger partial charge is 0.197 e. The molecule has 0 saturated carbocycles. The molecule has 1 heteroatoms. The molecule has 0 unspecified atom stereocenters. The monoisotopic (exact) mass is 117 g/mol. The zero-order valence-corrected chi connectivity index (χ0v) is 4.99. The summed E-state index contributed by atoms with van der Waals surface area (Å²) in [6, 6.07) is 2.13. The molecule has 1 nitrogen and oxygen atoms in total. The molecule has 0 heterocycles. The highest BCUT2D eigenvalue weighted by atomic mass is 14.2. The molecule has 1 rings (SSSR count). The fraction of sp³-hybridized carbons (Fsp3) is 0.125. The highest BCUT2D eigenvalue weighted by molar-refractivity contribution is 5.23. The van der Waals surface area contributed by atoms with Crippen molar-refractivity contribution >= 4 is 0 Å². The minimum atomic E-state index is -0.0417. The molecule has 0 saturated heterocycles. The summed E-state index contributed by atoms with van der Waals surface area (Å²) in [5.41, 5.74) is 0. The average molecular weight is 117 g/mol. The van der Waals surface area contributed by atoms with Crippen molar-refractivity contribution in [1.29, 1.82) is 5.26 Å². The zero-order valence-electron chi connectivity index (χ0n) is 4.99. The first-order valence-electron chi connectivity index (χ1n) is 2.85. The van der Waals surface area contributed by atoms with E-state index in [-0.39, 0.29) is 5.92 Å². The molecule has 0 aromatic heterocycles. The minimum absolute atomic E-state index is 0.0417. The second-order valence-corrected chi connectivity index (χ2v) is 1.81. The van der Waals surface area contributed by atoms with E-state index in [1.807, 2.05) is 36.5 Å². The van der Waals surface area contributed by atoms with Crippen LogP contribution in [0.5, 0.6) is 0 Å². The van der Waals surface area contributed by atoms with Gasteiger partial charge in [-0.2, -0.15) is 5.26 Å². The molecule has 0 fully saturated rings. The van der Waals surface area contributed by atoms with E-state index in [4.69, 9.17) is 5.26 Å². The normalized spacial score (nSPS) is 17.2. The smallest absolute Gasteiger partial charge is 0.0830 e. The van der Waals surface area contributed by atoms with Crippen molar-refractivity contribution in [1.82, 2.24) is 0 Å². The van der Waals surface area contributed by atoms with Gasteiger partial charge in [0.2, 0.25) is 0 Å². The summed E-state index contributed by atoms with van der Waals surface area (Å²) < 4.78 is 0. The van der Waals surface area contributed by atoms with Gasteiger partial charge in [0.15, 0.2) is 0 Å². The number of nitriles is 1. The van der Waals surface area contributed by atoms with E-state index in [0.717, 1.165) is 0 Å². The summed E-state index contributed by atoms with van der Waals surface area (Å²) in [6.45, 7) is 0. The SMILES string of the molecule is N#CC1C=CC=CC=C1. The van der Waals surface area contributed by atoms with E-state index < -0.39 is 0 Å². The van der Waals surface area contributed by atoms with Crippen LogP contribution in [0.15, 0.2) is 36.5 Å². The first-order chi connectivity index (χ1) is 4.43. The number of hydrogen-bond acceptors (Lipinski definition) is 1. The molecule has 1 aliphatic carbocycles. The number of allylic oxidation sites excluding steroid dienone is 6. The molecule has 0 radical (unpaired) electrons. The summed E-state index contributed by atoms with van der Waals surface area (Å²) in [5.74, 6) is -0.0417. The molecule has 0 spiro atoms. The molecule has 0 bridgehead atoms. The van der Waals surface area contributed by atoms with Crippen LogP contribution in [-0.4, -0.2) is 0 Å². The molecular formula is C8H7N. The Morgan fingerprint density at radius 3 is 2.00 bits per heavy atom. The third-order valence-corrected chi connectivity index (χ3v) is 1.12. The summed E-state index contributed by atoms with van der Waals surface area (Å²) in [6.07, 6.45) is 11.3. The Kier molecular flexibility index (Phi) is 1.87. The van der Waals surface area contributed by atoms with Crippen molar-refractivity contribution in [3.8, 4) is 6.07 Å². The maximum atomic E-state index is 8.44. The lowest BCUT2D eigenvalue weighted by molar-refractivity contribution is 1.08. The second-order valence-electron chi connectivity index (χ2n) is 1.81. The topological polar surface area (TPSA) is 23.8 Å². The van der Waals surface area contributed by atoms with Crippen LogP contribution in [0.1, 0.15) is 0 Å². The van der Waals surface area contributed by atoms with Crippen LogP contribution in [0.4, 0.5) is 0 Å². The molecule has 0 aliphatic heterocycles. The van der Waals surface area contributed by atoms with Crippen molar-refractivity contribution in [2.75, 3.05) is 0 Å². The predicted octanol–water partition coefficient (Wildman–Crippen LogP) is 1.81. The Morgan fingerprint density at radius 2 is 1.56 bits per heavy atom. The third-order valence-electron chi connectivity index (χ3n) is 1.12. The number of hydrogen-bond donors (Lipinski definition) is 0. The Hall–Kier alpha value is -1.29. The molecule has 0 amide bonds. The van der Waals surface area contributed by atoms with E-state index in [1.54, 1.807) is 0 Å². The molecule has 44 valence electrons. The number of rotatable bonds is 0. The van der Waals surface area contributed by atoms with Crippen molar-refractivity contribution in [3.05, 3.63) is 36.5 Å². The van der Waals surface area contributed by atoms with Crippen LogP contribution >= 0.6 is 0 Å². The molecule has 0 aromatic carbocycles. The van der Waals surface area contributed by atoms with Gasteiger partial charge in [0.1, 0.15) is 0 Å². The Labute approximate surface area is 54.6 Å². The molecule has 9 heavy (non-hydrogen) atoms. The van der Waals surface area contributed by atoms with Crippen LogP contribution in [0.25, 0.3) is 0 Å². The van der Waals surface area contributed by atoms with E-state index >= 15 is 0 Å². The lowest BCUT2D eigenvalue weighted by Crippen LogP contribution is -1.82. The van der Waals surface area contributed by atoms with Gasteiger partial charge in [-0.15, -0.1) is 0 Å². The molecule has 0 aromatic rings. The van der Waals surface area contributed by atoms with Crippen LogP contribution in [-0.2, 0) is 0 Å². The fourth-order valence-corrected chi connectivity index (χ4v) is 0.646. The van der Waals surface area contributed by atoms with Crippen LogP contribution < -0.4 is 0 Å². The van der Waals surface area contributed by atoms with Gasteiger partial charge in [-0.1, -0.05) is 36.5 Å². The van der Waals surface area contributed by atoms with Crippen LogP contribution in [0.3, 0.4) is 0 Å².